The fourth-order valence-electron chi connectivity index (χ4n) is 2.53. The summed E-state index contributed by atoms with van der Waals surface area (Å²) in [6, 6.07) is 15.1. The lowest BCUT2D eigenvalue weighted by Crippen LogP contribution is -2.16. The third-order valence-corrected chi connectivity index (χ3v) is 3.98. The number of ether oxygens (including phenoxy) is 1. The second-order valence-electron chi connectivity index (χ2n) is 5.86. The van der Waals surface area contributed by atoms with E-state index in [0.29, 0.717) is 22.7 Å². The minimum atomic E-state index is -0.652. The van der Waals surface area contributed by atoms with Crippen LogP contribution in [0.15, 0.2) is 59.1 Å². The summed E-state index contributed by atoms with van der Waals surface area (Å²) < 4.78 is 10.7. The number of hydrogen-bond acceptors (Lipinski definition) is 6. The van der Waals surface area contributed by atoms with Crippen molar-refractivity contribution < 1.29 is 19.0 Å². The van der Waals surface area contributed by atoms with Gasteiger partial charge < -0.3 is 9.26 Å². The Bertz CT molecular complexity index is 951. The molecule has 0 fully saturated rings. The van der Waals surface area contributed by atoms with Crippen LogP contribution >= 0.6 is 0 Å². The molecule has 1 amide bonds. The summed E-state index contributed by atoms with van der Waals surface area (Å²) in [5, 5.41) is 17.3. The van der Waals surface area contributed by atoms with Crippen molar-refractivity contribution >= 4 is 17.5 Å². The molecule has 3 rings (SSSR count). The van der Waals surface area contributed by atoms with E-state index in [2.05, 4.69) is 10.5 Å². The number of hydrogen-bond donors (Lipinski definition) is 1. The van der Waals surface area contributed by atoms with E-state index in [1.807, 2.05) is 30.3 Å². The summed E-state index contributed by atoms with van der Waals surface area (Å²) in [5.41, 5.74) is 2.19. The molecular formula is C19H17N3O5. The Morgan fingerprint density at radius 3 is 2.48 bits per heavy atom. The van der Waals surface area contributed by atoms with E-state index in [1.165, 1.54) is 24.3 Å². The highest BCUT2D eigenvalue weighted by Crippen LogP contribution is 2.32. The number of rotatable bonds is 5. The van der Waals surface area contributed by atoms with Gasteiger partial charge in [-0.15, -0.1) is 0 Å². The van der Waals surface area contributed by atoms with E-state index in [9.17, 15) is 14.9 Å². The highest BCUT2D eigenvalue weighted by atomic mass is 16.6. The number of carbonyl (C=O) groups excluding carboxylic acids is 1. The lowest BCUT2D eigenvalue weighted by Gasteiger charge is -2.14. The predicted octanol–water partition coefficient (Wildman–Crippen LogP) is 4.87. The standard InChI is InChI=1S/C19H17N3O5/c1-12-17(20-19(23)26-13(2)14-6-4-3-5-7-14)18(27-21-12)15-8-10-16(11-9-15)22(24)25/h3-11,13H,1-2H3,(H,20,23). The molecule has 0 spiro atoms. The number of aryl methyl sites for hydroxylation is 1. The maximum absolute atomic E-state index is 12.3. The Hall–Kier alpha value is -3.68. The quantitative estimate of drug-likeness (QED) is 0.509. The first-order valence-electron chi connectivity index (χ1n) is 8.19. The van der Waals surface area contributed by atoms with Crippen LogP contribution in [0.2, 0.25) is 0 Å². The highest BCUT2D eigenvalue weighted by Gasteiger charge is 2.20. The molecule has 8 heteroatoms. The normalized spacial score (nSPS) is 11.6. The molecule has 1 unspecified atom stereocenters. The van der Waals surface area contributed by atoms with Gasteiger partial charge in [0.05, 0.1) is 4.92 Å². The summed E-state index contributed by atoms with van der Waals surface area (Å²) in [6.07, 6.45) is -1.09. The molecule has 1 N–H and O–H groups in total. The van der Waals surface area contributed by atoms with Crippen LogP contribution in [-0.2, 0) is 4.74 Å². The van der Waals surface area contributed by atoms with Crippen molar-refractivity contribution in [3.63, 3.8) is 0 Å². The Balaban J connectivity index is 1.76. The van der Waals surface area contributed by atoms with Crippen molar-refractivity contribution in [2.24, 2.45) is 0 Å². The topological polar surface area (TPSA) is 108 Å². The Kier molecular flexibility index (Phi) is 5.16. The molecule has 0 aliphatic carbocycles. The molecule has 0 aliphatic heterocycles. The van der Waals surface area contributed by atoms with E-state index in [0.717, 1.165) is 5.56 Å². The van der Waals surface area contributed by atoms with E-state index < -0.39 is 17.1 Å². The zero-order chi connectivity index (χ0) is 19.4. The number of anilines is 1. The summed E-state index contributed by atoms with van der Waals surface area (Å²) in [7, 11) is 0. The van der Waals surface area contributed by atoms with Gasteiger partial charge in [0.1, 0.15) is 17.5 Å². The first kappa shape index (κ1) is 18.1. The average molecular weight is 367 g/mol. The first-order valence-corrected chi connectivity index (χ1v) is 8.19. The Morgan fingerprint density at radius 1 is 1.19 bits per heavy atom. The van der Waals surface area contributed by atoms with E-state index in [4.69, 9.17) is 9.26 Å². The lowest BCUT2D eigenvalue weighted by molar-refractivity contribution is -0.384. The molecular weight excluding hydrogens is 350 g/mol. The molecule has 27 heavy (non-hydrogen) atoms. The van der Waals surface area contributed by atoms with Gasteiger partial charge in [-0.05, 0) is 31.5 Å². The smallest absolute Gasteiger partial charge is 0.412 e. The molecule has 138 valence electrons. The fraction of sp³-hybridized carbons (Fsp3) is 0.158. The van der Waals surface area contributed by atoms with Crippen molar-refractivity contribution in [3.05, 3.63) is 76.0 Å². The Morgan fingerprint density at radius 2 is 1.85 bits per heavy atom. The highest BCUT2D eigenvalue weighted by molar-refractivity contribution is 5.90. The van der Waals surface area contributed by atoms with Gasteiger partial charge in [0.15, 0.2) is 5.76 Å². The molecule has 8 nitrogen and oxygen atoms in total. The molecule has 0 saturated heterocycles. The largest absolute Gasteiger partial charge is 0.441 e. The van der Waals surface area contributed by atoms with Gasteiger partial charge in [-0.3, -0.25) is 15.4 Å². The second kappa shape index (κ2) is 7.69. The van der Waals surface area contributed by atoms with Gasteiger partial charge in [-0.2, -0.15) is 0 Å². The van der Waals surface area contributed by atoms with Gasteiger partial charge in [-0.1, -0.05) is 35.5 Å². The van der Waals surface area contributed by atoms with Crippen molar-refractivity contribution in [2.45, 2.75) is 20.0 Å². The first-order chi connectivity index (χ1) is 13.0. The monoisotopic (exact) mass is 367 g/mol. The summed E-state index contributed by atoms with van der Waals surface area (Å²) in [4.78, 5) is 22.6. The number of nitro benzene ring substituents is 1. The van der Waals surface area contributed by atoms with E-state index >= 15 is 0 Å². The zero-order valence-electron chi connectivity index (χ0n) is 14.7. The number of amides is 1. The predicted molar refractivity (Wildman–Crippen MR) is 98.3 cm³/mol. The zero-order valence-corrected chi connectivity index (χ0v) is 14.7. The minimum Gasteiger partial charge on any atom is -0.441 e. The molecule has 0 bridgehead atoms. The summed E-state index contributed by atoms with van der Waals surface area (Å²) in [5.74, 6) is 0.298. The van der Waals surface area contributed by atoms with Crippen LogP contribution in [0.1, 0.15) is 24.3 Å². The lowest BCUT2D eigenvalue weighted by atomic mass is 10.1. The van der Waals surface area contributed by atoms with E-state index in [1.54, 1.807) is 13.8 Å². The number of benzene rings is 2. The maximum Gasteiger partial charge on any atom is 0.412 e. The summed E-state index contributed by atoms with van der Waals surface area (Å²) in [6.45, 7) is 3.45. The average Bonchev–Trinajstić information content (AvgIpc) is 3.03. The van der Waals surface area contributed by atoms with Crippen LogP contribution in [0.5, 0.6) is 0 Å². The van der Waals surface area contributed by atoms with Gasteiger partial charge >= 0.3 is 6.09 Å². The molecule has 1 heterocycles. The van der Waals surface area contributed by atoms with Gasteiger partial charge in [0.25, 0.3) is 5.69 Å². The molecule has 1 aromatic heterocycles. The third-order valence-electron chi connectivity index (χ3n) is 3.98. The van der Waals surface area contributed by atoms with Crippen LogP contribution in [0, 0.1) is 17.0 Å². The Labute approximate surface area is 154 Å². The van der Waals surface area contributed by atoms with Gasteiger partial charge in [0.2, 0.25) is 0 Å². The van der Waals surface area contributed by atoms with Crippen molar-refractivity contribution in [2.75, 3.05) is 5.32 Å². The second-order valence-corrected chi connectivity index (χ2v) is 5.86. The molecule has 2 aromatic carbocycles. The van der Waals surface area contributed by atoms with Crippen LogP contribution in [0.4, 0.5) is 16.2 Å². The van der Waals surface area contributed by atoms with Crippen LogP contribution in [-0.4, -0.2) is 16.2 Å². The van der Waals surface area contributed by atoms with Gasteiger partial charge in [0, 0.05) is 17.7 Å². The summed E-state index contributed by atoms with van der Waals surface area (Å²) >= 11 is 0. The molecule has 0 radical (unpaired) electrons. The third kappa shape index (κ3) is 4.12. The number of nitrogens with one attached hydrogen (secondary N) is 1. The molecule has 3 aromatic rings. The number of aromatic nitrogens is 1. The van der Waals surface area contributed by atoms with Gasteiger partial charge in [-0.25, -0.2) is 4.79 Å². The number of non-ortho nitro benzene ring substituents is 1. The van der Waals surface area contributed by atoms with Crippen molar-refractivity contribution in [1.29, 1.82) is 0 Å². The number of carbonyl (C=O) groups is 1. The minimum absolute atomic E-state index is 0.0411. The van der Waals surface area contributed by atoms with Crippen molar-refractivity contribution in [3.8, 4) is 11.3 Å². The number of nitrogens with zero attached hydrogens (tertiary/aromatic N) is 2. The van der Waals surface area contributed by atoms with Crippen molar-refractivity contribution in [1.82, 2.24) is 5.16 Å². The fourth-order valence-corrected chi connectivity index (χ4v) is 2.53. The molecule has 1 atom stereocenters. The van der Waals surface area contributed by atoms with Crippen LogP contribution in [0.25, 0.3) is 11.3 Å². The molecule has 0 aliphatic rings. The maximum atomic E-state index is 12.3. The molecule has 0 saturated carbocycles. The van der Waals surface area contributed by atoms with Crippen LogP contribution in [0.3, 0.4) is 0 Å². The SMILES string of the molecule is Cc1noc(-c2ccc([N+](=O)[O-])cc2)c1NC(=O)OC(C)c1ccccc1. The van der Waals surface area contributed by atoms with Crippen LogP contribution < -0.4 is 5.32 Å². The van der Waals surface area contributed by atoms with E-state index in [-0.39, 0.29) is 5.69 Å². The number of nitro groups is 1.